The number of anilines is 1. The van der Waals surface area contributed by atoms with E-state index in [2.05, 4.69) is 36.8 Å². The molecular weight excluding hydrogens is 842 g/mol. The van der Waals surface area contributed by atoms with Crippen LogP contribution in [0.1, 0.15) is 60.6 Å². The van der Waals surface area contributed by atoms with Crippen LogP contribution in [-0.2, 0) is 30.4 Å². The first-order chi connectivity index (χ1) is 30.6. The number of carbonyl (C=O) groups excluding carboxylic acids is 6. The van der Waals surface area contributed by atoms with E-state index in [1.165, 1.54) is 63.5 Å². The number of likely N-dealkylation sites (N-methyl/N-ethyl adjacent to an activating group) is 1. The molecule has 4 aromatic carbocycles. The molecule has 6 rings (SSSR count). The first-order valence-corrected chi connectivity index (χ1v) is 21.0. The number of aromatic amines is 1. The van der Waals surface area contributed by atoms with Crippen molar-refractivity contribution in [2.24, 2.45) is 5.73 Å². The summed E-state index contributed by atoms with van der Waals surface area (Å²) in [6.07, 6.45) is 2.51. The Balaban J connectivity index is 1.30. The molecule has 334 valence electrons. The van der Waals surface area contributed by atoms with Crippen molar-refractivity contribution in [2.75, 3.05) is 18.9 Å². The number of unbranched alkanes of at least 4 members (excludes halogenated alkanes) is 1. The summed E-state index contributed by atoms with van der Waals surface area (Å²) in [6.45, 7) is 3.20. The van der Waals surface area contributed by atoms with Crippen molar-refractivity contribution in [1.82, 2.24) is 36.4 Å². The Hall–Kier alpha value is -7.24. The molecule has 5 aromatic rings. The minimum atomic E-state index is -1.45. The molecule has 0 radical (unpaired) electrons. The average Bonchev–Trinajstić information content (AvgIpc) is 3.79. The van der Waals surface area contributed by atoms with Gasteiger partial charge in [0.25, 0.3) is 5.91 Å². The van der Waals surface area contributed by atoms with E-state index < -0.39 is 65.7 Å². The lowest BCUT2D eigenvalue weighted by Crippen LogP contribution is -2.57. The van der Waals surface area contributed by atoms with Gasteiger partial charge in [-0.05, 0) is 110 Å². The Morgan fingerprint density at radius 3 is 2.17 bits per heavy atom. The van der Waals surface area contributed by atoms with Crippen molar-refractivity contribution >= 4 is 52.9 Å². The number of phenols is 2. The van der Waals surface area contributed by atoms with Gasteiger partial charge in [-0.15, -0.1) is 0 Å². The van der Waals surface area contributed by atoms with E-state index >= 15 is 0 Å². The predicted molar refractivity (Wildman–Crippen MR) is 240 cm³/mol. The summed E-state index contributed by atoms with van der Waals surface area (Å²) in [5.41, 5.74) is 8.71. The van der Waals surface area contributed by atoms with Gasteiger partial charge >= 0.3 is 0 Å². The van der Waals surface area contributed by atoms with E-state index in [1.54, 1.807) is 42.5 Å². The molecule has 0 unspecified atom stereocenters. The van der Waals surface area contributed by atoms with Crippen molar-refractivity contribution in [3.63, 3.8) is 0 Å². The van der Waals surface area contributed by atoms with E-state index in [0.717, 1.165) is 16.0 Å². The number of carbonyl (C=O) groups is 6. The number of H-pyrrole nitrogens is 1. The number of benzene rings is 4. The van der Waals surface area contributed by atoms with Crippen LogP contribution in [0.5, 0.6) is 11.5 Å². The second kappa shape index (κ2) is 20.8. The Labute approximate surface area is 374 Å². The number of nitrogens with two attached hydrogens (primary N) is 1. The number of nitrogens with one attached hydrogen (secondary N) is 6. The summed E-state index contributed by atoms with van der Waals surface area (Å²) in [7, 11) is 1.39. The van der Waals surface area contributed by atoms with Crippen LogP contribution in [0.15, 0.2) is 97.2 Å². The lowest BCUT2D eigenvalue weighted by Gasteiger charge is -2.32. The molecule has 0 saturated carbocycles. The summed E-state index contributed by atoms with van der Waals surface area (Å²) < 4.78 is 0. The number of hydrogen-bond donors (Lipinski definition) is 9. The molecule has 1 aliphatic rings. The maximum Gasteiger partial charge on any atom is 0.251 e. The highest BCUT2D eigenvalue weighted by atomic mass is 35.5. The van der Waals surface area contributed by atoms with Crippen LogP contribution in [0.3, 0.4) is 0 Å². The molecule has 2 heterocycles. The number of amides is 6. The Bertz CT molecular complexity index is 2500. The van der Waals surface area contributed by atoms with Crippen LogP contribution < -0.4 is 32.3 Å². The Kier molecular flexibility index (Phi) is 15.0. The zero-order valence-electron chi connectivity index (χ0n) is 35.4. The fourth-order valence-corrected chi connectivity index (χ4v) is 7.41. The molecular formula is C46H50ClN9O8. The monoisotopic (exact) mass is 891 g/mol. The fourth-order valence-electron chi connectivity index (χ4n) is 7.28. The van der Waals surface area contributed by atoms with E-state index in [-0.39, 0.29) is 46.6 Å². The minimum Gasteiger partial charge on any atom is -0.507 e. The van der Waals surface area contributed by atoms with Crippen LogP contribution >= 0.6 is 11.6 Å². The number of rotatable bonds is 13. The molecule has 4 bridgehead atoms. The van der Waals surface area contributed by atoms with E-state index in [1.807, 2.05) is 12.1 Å². The van der Waals surface area contributed by atoms with Gasteiger partial charge in [0.05, 0.1) is 6.20 Å². The van der Waals surface area contributed by atoms with Crippen LogP contribution in [-0.4, -0.2) is 98.5 Å². The highest BCUT2D eigenvalue weighted by Gasteiger charge is 2.36. The normalized spacial score (nSPS) is 17.1. The van der Waals surface area contributed by atoms with Crippen molar-refractivity contribution in [3.05, 3.63) is 119 Å². The predicted octanol–water partition coefficient (Wildman–Crippen LogP) is 3.92. The summed E-state index contributed by atoms with van der Waals surface area (Å²) in [5.74, 6) is -4.23. The van der Waals surface area contributed by atoms with Crippen LogP contribution in [0, 0.1) is 0 Å². The molecule has 18 heteroatoms. The van der Waals surface area contributed by atoms with Crippen molar-refractivity contribution in [1.29, 1.82) is 0 Å². The second-order valence-electron chi connectivity index (χ2n) is 15.6. The third-order valence-electron chi connectivity index (χ3n) is 10.9. The molecule has 5 atom stereocenters. The van der Waals surface area contributed by atoms with E-state index in [4.69, 9.17) is 17.3 Å². The minimum absolute atomic E-state index is 0.101. The molecule has 0 fully saturated rings. The van der Waals surface area contributed by atoms with Gasteiger partial charge < -0.3 is 47.4 Å². The number of fused-ring (bicyclic) bond motifs is 5. The third kappa shape index (κ3) is 11.2. The third-order valence-corrected chi connectivity index (χ3v) is 11.1. The number of aromatic hydroxyl groups is 2. The Morgan fingerprint density at radius 1 is 0.859 bits per heavy atom. The van der Waals surface area contributed by atoms with Gasteiger partial charge in [0, 0.05) is 41.2 Å². The van der Waals surface area contributed by atoms with Gasteiger partial charge in [-0.2, -0.15) is 5.10 Å². The van der Waals surface area contributed by atoms with Gasteiger partial charge in [-0.3, -0.25) is 33.9 Å². The van der Waals surface area contributed by atoms with Crippen molar-refractivity contribution in [3.8, 4) is 33.8 Å². The number of aromatic nitrogens is 2. The van der Waals surface area contributed by atoms with Gasteiger partial charge in [-0.25, -0.2) is 0 Å². The Morgan fingerprint density at radius 2 is 1.52 bits per heavy atom. The van der Waals surface area contributed by atoms with Crippen LogP contribution in [0.25, 0.3) is 22.3 Å². The quantitative estimate of drug-likeness (QED) is 0.0770. The van der Waals surface area contributed by atoms with Gasteiger partial charge in [0.2, 0.25) is 29.5 Å². The maximum absolute atomic E-state index is 14.6. The molecule has 0 saturated heterocycles. The smallest absolute Gasteiger partial charge is 0.251 e. The van der Waals surface area contributed by atoms with Gasteiger partial charge in [-0.1, -0.05) is 48.0 Å². The molecule has 10 N–H and O–H groups in total. The molecule has 17 nitrogen and oxygen atoms in total. The SMILES string of the molecule is C[C@H](NC(=O)[C@@H]1Cc2ccc(O)c(c2)-c2cc(ccc2O)[C@H](N(C)C(=O)[C@H](CCCCN)NC(=O)c2ccc(-c3ccc(Cl)cc3)cc2)C(=O)N[C@@H](C)C(=O)N1)C(=O)Nc1ccn[nH]1. The molecule has 1 aromatic heterocycles. The standard InChI is InChI=1S/C46H50ClN9O8/c1-25-41(59)53-36(44(62)50-26(2)42(60)54-39-19-21-49-55-39)23-27-7-17-37(57)33(22-27)34-24-31(14-18-38(34)58)40(45(63)51-25)56(3)46(64)35(6-4-5-20-48)52-43(61)30-10-8-28(9-11-30)29-12-15-32(47)16-13-29/h7-19,21-22,24-26,35-36,40,57-58H,4-6,20,23,48H2,1-3H3,(H,50,62)(H,51,63)(H,52,61)(H,53,59)(H2,49,54,55,60)/t25-,26-,35-,36-,40-/m0/s1. The number of halogens is 1. The van der Waals surface area contributed by atoms with Crippen molar-refractivity contribution in [2.45, 2.75) is 69.7 Å². The number of hydrogen-bond acceptors (Lipinski definition) is 10. The zero-order chi connectivity index (χ0) is 46.1. The topological polar surface area (TPSA) is 261 Å². The fraction of sp³-hybridized carbons (Fsp3) is 0.283. The lowest BCUT2D eigenvalue weighted by atomic mass is 9.93. The number of phenolic OH excluding ortho intramolecular Hbond substituents is 2. The molecule has 0 aliphatic carbocycles. The summed E-state index contributed by atoms with van der Waals surface area (Å²) in [5, 5.41) is 42.6. The van der Waals surface area contributed by atoms with E-state index in [9.17, 15) is 39.0 Å². The first kappa shape index (κ1) is 46.3. The highest BCUT2D eigenvalue weighted by Crippen LogP contribution is 2.39. The molecule has 6 amide bonds. The summed E-state index contributed by atoms with van der Waals surface area (Å²) in [6, 6.07) is 18.1. The average molecular weight is 892 g/mol. The molecule has 64 heavy (non-hydrogen) atoms. The van der Waals surface area contributed by atoms with Crippen molar-refractivity contribution < 1.29 is 39.0 Å². The molecule has 1 aliphatic heterocycles. The van der Waals surface area contributed by atoms with Crippen LogP contribution in [0.4, 0.5) is 5.82 Å². The van der Waals surface area contributed by atoms with Crippen LogP contribution in [0.2, 0.25) is 5.02 Å². The lowest BCUT2D eigenvalue weighted by molar-refractivity contribution is -0.141. The summed E-state index contributed by atoms with van der Waals surface area (Å²) in [4.78, 5) is 84.3. The maximum atomic E-state index is 14.6. The number of nitrogens with zero attached hydrogens (tertiary/aromatic N) is 2. The van der Waals surface area contributed by atoms with Gasteiger partial charge in [0.15, 0.2) is 0 Å². The van der Waals surface area contributed by atoms with Gasteiger partial charge in [0.1, 0.15) is 47.5 Å². The largest absolute Gasteiger partial charge is 0.507 e. The second-order valence-corrected chi connectivity index (χ2v) is 16.0. The first-order valence-electron chi connectivity index (χ1n) is 20.6. The van der Waals surface area contributed by atoms with E-state index in [0.29, 0.717) is 35.8 Å². The molecule has 0 spiro atoms. The summed E-state index contributed by atoms with van der Waals surface area (Å²) >= 11 is 6.05. The zero-order valence-corrected chi connectivity index (χ0v) is 36.1. The highest BCUT2D eigenvalue weighted by molar-refractivity contribution is 6.30.